The topological polar surface area (TPSA) is 30.7 Å². The molecule has 3 fully saturated rings. The molecule has 3 nitrogen and oxygen atoms in total. The van der Waals surface area contributed by atoms with Gasteiger partial charge in [-0.3, -0.25) is 0 Å². The number of aromatic nitrogens is 3. The van der Waals surface area contributed by atoms with E-state index in [1.54, 1.807) is 11.3 Å². The number of alkyl halides is 1. The summed E-state index contributed by atoms with van der Waals surface area (Å²) in [5.74, 6) is 2.71. The number of hydrogen-bond acceptors (Lipinski definition) is 3. The Kier molecular flexibility index (Phi) is 2.79. The molecule has 0 saturated heterocycles. The molecule has 5 rings (SSSR count). The van der Waals surface area contributed by atoms with E-state index < -0.39 is 6.17 Å². The van der Waals surface area contributed by atoms with Crippen LogP contribution in [0.4, 0.5) is 4.39 Å². The quantitative estimate of drug-likeness (QED) is 0.814. The summed E-state index contributed by atoms with van der Waals surface area (Å²) in [6.07, 6.45) is 5.12. The third-order valence-electron chi connectivity index (χ3n) is 5.19. The van der Waals surface area contributed by atoms with Crippen molar-refractivity contribution >= 4 is 22.9 Å². The molecule has 3 aliphatic rings. The maximum Gasteiger partial charge on any atom is 0.145 e. The highest BCUT2D eigenvalue weighted by molar-refractivity contribution is 7.16. The van der Waals surface area contributed by atoms with Crippen LogP contribution in [0.1, 0.15) is 67.0 Å². The zero-order chi connectivity index (χ0) is 14.9. The van der Waals surface area contributed by atoms with Gasteiger partial charge in [-0.25, -0.2) is 4.39 Å². The third kappa shape index (κ3) is 1.91. The fourth-order valence-corrected chi connectivity index (χ4v) is 4.95. The summed E-state index contributed by atoms with van der Waals surface area (Å²) in [6, 6.07) is 4.49. The Hall–Kier alpha value is -0.940. The molecular formula is C16H17ClFN3S. The Morgan fingerprint density at radius 3 is 2.50 bits per heavy atom. The predicted octanol–water partition coefficient (Wildman–Crippen LogP) is 4.62. The number of rotatable bonds is 4. The molecule has 3 aliphatic carbocycles. The Morgan fingerprint density at radius 2 is 1.95 bits per heavy atom. The van der Waals surface area contributed by atoms with Gasteiger partial charge in [0.05, 0.1) is 9.75 Å². The van der Waals surface area contributed by atoms with E-state index in [-0.39, 0.29) is 5.41 Å². The maximum atomic E-state index is 13.8. The first-order valence-corrected chi connectivity index (χ1v) is 9.22. The van der Waals surface area contributed by atoms with E-state index in [9.17, 15) is 4.39 Å². The van der Waals surface area contributed by atoms with E-state index in [1.165, 1.54) is 25.7 Å². The molecule has 2 aromatic rings. The summed E-state index contributed by atoms with van der Waals surface area (Å²) in [5, 5.41) is 9.07. The highest BCUT2D eigenvalue weighted by atomic mass is 35.5. The summed E-state index contributed by atoms with van der Waals surface area (Å²) in [6.45, 7) is 0. The summed E-state index contributed by atoms with van der Waals surface area (Å²) in [5.41, 5.74) is -0.306. The van der Waals surface area contributed by atoms with Crippen LogP contribution >= 0.6 is 22.9 Å². The van der Waals surface area contributed by atoms with Crippen LogP contribution in [0.3, 0.4) is 0 Å². The Morgan fingerprint density at radius 1 is 1.18 bits per heavy atom. The van der Waals surface area contributed by atoms with Gasteiger partial charge in [-0.1, -0.05) is 11.6 Å². The first-order valence-electron chi connectivity index (χ1n) is 8.02. The second kappa shape index (κ2) is 4.54. The smallest absolute Gasteiger partial charge is 0.145 e. The van der Waals surface area contributed by atoms with Crippen LogP contribution in [-0.4, -0.2) is 20.9 Å². The van der Waals surface area contributed by atoms with Gasteiger partial charge in [0.2, 0.25) is 0 Å². The fraction of sp³-hybridized carbons (Fsp3) is 0.625. The summed E-state index contributed by atoms with van der Waals surface area (Å²) in [4.78, 5) is 1.14. The molecular weight excluding hydrogens is 321 g/mol. The van der Waals surface area contributed by atoms with Gasteiger partial charge in [0, 0.05) is 16.8 Å². The minimum atomic E-state index is -0.741. The molecule has 6 heteroatoms. The number of thiophene rings is 1. The molecule has 2 aromatic heterocycles. The minimum Gasteiger partial charge on any atom is -0.311 e. The second-order valence-electron chi connectivity index (χ2n) is 6.95. The van der Waals surface area contributed by atoms with Crippen LogP contribution in [0.25, 0.3) is 0 Å². The largest absolute Gasteiger partial charge is 0.311 e. The van der Waals surface area contributed by atoms with Gasteiger partial charge in [-0.05, 0) is 50.7 Å². The molecule has 116 valence electrons. The molecule has 0 aromatic carbocycles. The molecule has 0 radical (unpaired) electrons. The fourth-order valence-electron chi connectivity index (χ4n) is 3.70. The van der Waals surface area contributed by atoms with Gasteiger partial charge in [0.25, 0.3) is 0 Å². The summed E-state index contributed by atoms with van der Waals surface area (Å²) in [7, 11) is 0. The van der Waals surface area contributed by atoms with E-state index in [4.69, 9.17) is 11.6 Å². The molecule has 0 aliphatic heterocycles. The molecule has 0 atom stereocenters. The van der Waals surface area contributed by atoms with Crippen LogP contribution in [-0.2, 0) is 5.41 Å². The van der Waals surface area contributed by atoms with E-state index in [0.717, 1.165) is 20.9 Å². The van der Waals surface area contributed by atoms with Gasteiger partial charge in [-0.15, -0.1) is 21.5 Å². The van der Waals surface area contributed by atoms with Crippen molar-refractivity contribution in [2.24, 2.45) is 0 Å². The van der Waals surface area contributed by atoms with Crippen molar-refractivity contribution in [3.05, 3.63) is 33.0 Å². The number of halogens is 2. The molecule has 22 heavy (non-hydrogen) atoms. The van der Waals surface area contributed by atoms with Crippen LogP contribution in [0, 0.1) is 0 Å². The standard InChI is InChI=1S/C16H17ClFN3S/c17-13-6-5-12(22-13)16(7-10(18)8-16)15-20-19-14(9-1-2-9)21(15)11-3-4-11/h5-6,9-11H,1-4,7-8H2/t10-,16-. The van der Waals surface area contributed by atoms with Crippen molar-refractivity contribution in [2.45, 2.75) is 62.1 Å². The Bertz CT molecular complexity index is 726. The normalized spacial score (nSPS) is 31.3. The lowest BCUT2D eigenvalue weighted by Gasteiger charge is -2.42. The van der Waals surface area contributed by atoms with Crippen LogP contribution in [0.5, 0.6) is 0 Å². The van der Waals surface area contributed by atoms with Crippen molar-refractivity contribution in [3.8, 4) is 0 Å². The van der Waals surface area contributed by atoms with Crippen LogP contribution in [0.2, 0.25) is 4.34 Å². The average Bonchev–Trinajstić information content (AvgIpc) is 3.39. The number of nitrogens with zero attached hydrogens (tertiary/aromatic N) is 3. The zero-order valence-electron chi connectivity index (χ0n) is 12.1. The van der Waals surface area contributed by atoms with Crippen molar-refractivity contribution in [3.63, 3.8) is 0 Å². The number of hydrogen-bond donors (Lipinski definition) is 0. The van der Waals surface area contributed by atoms with Crippen molar-refractivity contribution < 1.29 is 4.39 Å². The van der Waals surface area contributed by atoms with Crippen LogP contribution < -0.4 is 0 Å². The van der Waals surface area contributed by atoms with Crippen molar-refractivity contribution in [1.82, 2.24) is 14.8 Å². The molecule has 0 N–H and O–H groups in total. The third-order valence-corrected chi connectivity index (χ3v) is 6.62. The maximum absolute atomic E-state index is 13.8. The van der Waals surface area contributed by atoms with E-state index in [2.05, 4.69) is 14.8 Å². The monoisotopic (exact) mass is 337 g/mol. The Labute approximate surface area is 137 Å². The molecule has 3 saturated carbocycles. The predicted molar refractivity (Wildman–Crippen MR) is 84.5 cm³/mol. The first kappa shape index (κ1) is 13.5. The van der Waals surface area contributed by atoms with Gasteiger partial charge < -0.3 is 4.57 Å². The highest BCUT2D eigenvalue weighted by Gasteiger charge is 2.53. The van der Waals surface area contributed by atoms with E-state index in [0.29, 0.717) is 24.8 Å². The molecule has 0 amide bonds. The lowest BCUT2D eigenvalue weighted by atomic mass is 9.65. The average molecular weight is 338 g/mol. The van der Waals surface area contributed by atoms with Gasteiger partial charge in [0.1, 0.15) is 17.8 Å². The van der Waals surface area contributed by atoms with Gasteiger partial charge in [0.15, 0.2) is 0 Å². The molecule has 0 spiro atoms. The Balaban J connectivity index is 1.64. The molecule has 0 unspecified atom stereocenters. The molecule has 0 bridgehead atoms. The second-order valence-corrected chi connectivity index (χ2v) is 8.66. The SMILES string of the molecule is F[C@H]1C[C@](c2ccc(Cl)s2)(c2nnc(C3CC3)n2C2CC2)C1. The van der Waals surface area contributed by atoms with Crippen molar-refractivity contribution in [2.75, 3.05) is 0 Å². The summed E-state index contributed by atoms with van der Waals surface area (Å²) >= 11 is 7.69. The van der Waals surface area contributed by atoms with Crippen molar-refractivity contribution in [1.29, 1.82) is 0 Å². The minimum absolute atomic E-state index is 0.306. The van der Waals surface area contributed by atoms with Crippen LogP contribution in [0.15, 0.2) is 12.1 Å². The molecule has 2 heterocycles. The van der Waals surface area contributed by atoms with E-state index >= 15 is 0 Å². The zero-order valence-corrected chi connectivity index (χ0v) is 13.7. The summed E-state index contributed by atoms with van der Waals surface area (Å²) < 4.78 is 16.9. The van der Waals surface area contributed by atoms with E-state index in [1.807, 2.05) is 12.1 Å². The lowest BCUT2D eigenvalue weighted by molar-refractivity contribution is 0.116. The first-order chi connectivity index (χ1) is 10.7. The lowest BCUT2D eigenvalue weighted by Crippen LogP contribution is -2.45. The van der Waals surface area contributed by atoms with Gasteiger partial charge >= 0.3 is 0 Å². The highest BCUT2D eigenvalue weighted by Crippen LogP contribution is 2.55. The van der Waals surface area contributed by atoms with Gasteiger partial charge in [-0.2, -0.15) is 0 Å².